The van der Waals surface area contributed by atoms with E-state index in [0.29, 0.717) is 17.3 Å². The van der Waals surface area contributed by atoms with Gasteiger partial charge < -0.3 is 14.8 Å². The molecule has 1 atom stereocenters. The van der Waals surface area contributed by atoms with Crippen molar-refractivity contribution in [3.8, 4) is 5.75 Å². The van der Waals surface area contributed by atoms with E-state index >= 15 is 0 Å². The van der Waals surface area contributed by atoms with Crippen molar-refractivity contribution in [1.29, 1.82) is 0 Å². The number of amides is 3. The molecule has 0 fully saturated rings. The minimum absolute atomic E-state index is 0.376. The predicted octanol–water partition coefficient (Wildman–Crippen LogP) is 1.50. The maximum Gasteiger partial charge on any atom is 0.344 e. The lowest BCUT2D eigenvalue weighted by atomic mass is 10.3. The van der Waals surface area contributed by atoms with Gasteiger partial charge in [-0.05, 0) is 32.0 Å². The number of urea groups is 1. The number of imide groups is 1. The Bertz CT molecular complexity index is 550. The second kappa shape index (κ2) is 8.89. The SMILES string of the molecule is CCNC(=O)NC(=O)C(C)OC(=O)COc1cccc(Cl)c1. The van der Waals surface area contributed by atoms with E-state index in [4.69, 9.17) is 21.1 Å². The maximum absolute atomic E-state index is 11.6. The van der Waals surface area contributed by atoms with Gasteiger partial charge in [0, 0.05) is 11.6 Å². The van der Waals surface area contributed by atoms with E-state index in [-0.39, 0.29) is 6.61 Å². The highest BCUT2D eigenvalue weighted by molar-refractivity contribution is 6.30. The third-order valence-corrected chi connectivity index (χ3v) is 2.64. The summed E-state index contributed by atoms with van der Waals surface area (Å²) in [5, 5.41) is 4.90. The molecule has 0 spiro atoms. The van der Waals surface area contributed by atoms with E-state index < -0.39 is 24.0 Å². The summed E-state index contributed by atoms with van der Waals surface area (Å²) in [4.78, 5) is 34.3. The van der Waals surface area contributed by atoms with Crippen LogP contribution >= 0.6 is 11.6 Å². The van der Waals surface area contributed by atoms with Crippen molar-refractivity contribution < 1.29 is 23.9 Å². The smallest absolute Gasteiger partial charge is 0.344 e. The van der Waals surface area contributed by atoms with Gasteiger partial charge in [-0.2, -0.15) is 0 Å². The molecule has 1 aromatic rings. The summed E-state index contributed by atoms with van der Waals surface area (Å²) in [6.07, 6.45) is -1.11. The molecule has 0 radical (unpaired) electrons. The number of hydrogen-bond donors (Lipinski definition) is 2. The summed E-state index contributed by atoms with van der Waals surface area (Å²) >= 11 is 5.77. The third kappa shape index (κ3) is 6.45. The second-order valence-corrected chi connectivity index (χ2v) is 4.66. The summed E-state index contributed by atoms with van der Waals surface area (Å²) in [6, 6.07) is 5.86. The number of benzene rings is 1. The quantitative estimate of drug-likeness (QED) is 0.772. The van der Waals surface area contributed by atoms with Crippen LogP contribution in [0.25, 0.3) is 0 Å². The van der Waals surface area contributed by atoms with Crippen molar-refractivity contribution in [3.63, 3.8) is 0 Å². The molecule has 0 bridgehead atoms. The molecule has 0 saturated carbocycles. The van der Waals surface area contributed by atoms with E-state index in [9.17, 15) is 14.4 Å². The van der Waals surface area contributed by atoms with Gasteiger partial charge in [0.1, 0.15) is 5.75 Å². The fraction of sp³-hybridized carbons (Fsp3) is 0.357. The van der Waals surface area contributed by atoms with Crippen molar-refractivity contribution in [1.82, 2.24) is 10.6 Å². The van der Waals surface area contributed by atoms with Crippen molar-refractivity contribution in [3.05, 3.63) is 29.3 Å². The average molecular weight is 329 g/mol. The van der Waals surface area contributed by atoms with Crippen LogP contribution in [0.5, 0.6) is 5.75 Å². The van der Waals surface area contributed by atoms with E-state index in [0.717, 1.165) is 0 Å². The molecular weight excluding hydrogens is 312 g/mol. The normalized spacial score (nSPS) is 11.2. The van der Waals surface area contributed by atoms with Crippen molar-refractivity contribution >= 4 is 29.5 Å². The molecule has 0 saturated heterocycles. The average Bonchev–Trinajstić information content (AvgIpc) is 2.45. The Hall–Kier alpha value is -2.28. The Morgan fingerprint density at radius 2 is 2.05 bits per heavy atom. The van der Waals surface area contributed by atoms with Gasteiger partial charge in [-0.25, -0.2) is 9.59 Å². The molecule has 0 aliphatic heterocycles. The van der Waals surface area contributed by atoms with Crippen LogP contribution in [-0.4, -0.2) is 37.2 Å². The number of nitrogens with one attached hydrogen (secondary N) is 2. The van der Waals surface area contributed by atoms with Gasteiger partial charge in [0.15, 0.2) is 12.7 Å². The summed E-state index contributed by atoms with van der Waals surface area (Å²) in [5.74, 6) is -1.05. The van der Waals surface area contributed by atoms with Gasteiger partial charge >= 0.3 is 12.0 Å². The minimum atomic E-state index is -1.11. The van der Waals surface area contributed by atoms with E-state index in [1.165, 1.54) is 6.92 Å². The standard InChI is InChI=1S/C14H17ClN2O5/c1-3-16-14(20)17-13(19)9(2)22-12(18)8-21-11-6-4-5-10(15)7-11/h4-7,9H,3,8H2,1-2H3,(H2,16,17,19,20). The Labute approximate surface area is 132 Å². The summed E-state index contributed by atoms with van der Waals surface area (Å²) in [7, 11) is 0. The van der Waals surface area contributed by atoms with Crippen LogP contribution in [0.4, 0.5) is 4.79 Å². The molecule has 120 valence electrons. The van der Waals surface area contributed by atoms with Crippen LogP contribution in [0.2, 0.25) is 5.02 Å². The second-order valence-electron chi connectivity index (χ2n) is 4.23. The Balaban J connectivity index is 2.37. The highest BCUT2D eigenvalue weighted by Crippen LogP contribution is 2.16. The predicted molar refractivity (Wildman–Crippen MR) is 79.7 cm³/mol. The first-order valence-corrected chi connectivity index (χ1v) is 6.96. The molecule has 3 amide bonds. The molecule has 1 rings (SSSR count). The molecule has 8 heteroatoms. The summed E-state index contributed by atoms with van der Waals surface area (Å²) < 4.78 is 10.0. The van der Waals surface area contributed by atoms with Crippen molar-refractivity contribution in [2.75, 3.05) is 13.2 Å². The summed E-state index contributed by atoms with van der Waals surface area (Å²) in [6.45, 7) is 3.06. The van der Waals surface area contributed by atoms with Crippen molar-refractivity contribution in [2.45, 2.75) is 20.0 Å². The van der Waals surface area contributed by atoms with Gasteiger partial charge in [0.25, 0.3) is 5.91 Å². The van der Waals surface area contributed by atoms with Gasteiger partial charge in [0.05, 0.1) is 0 Å². The van der Waals surface area contributed by atoms with Crippen LogP contribution in [0.3, 0.4) is 0 Å². The largest absolute Gasteiger partial charge is 0.482 e. The van der Waals surface area contributed by atoms with Gasteiger partial charge in [-0.15, -0.1) is 0 Å². The van der Waals surface area contributed by atoms with Crippen LogP contribution in [0.1, 0.15) is 13.8 Å². The monoisotopic (exact) mass is 328 g/mol. The zero-order chi connectivity index (χ0) is 16.5. The van der Waals surface area contributed by atoms with E-state index in [2.05, 4.69) is 5.32 Å². The number of carbonyl (C=O) groups is 3. The van der Waals surface area contributed by atoms with Crippen molar-refractivity contribution in [2.24, 2.45) is 0 Å². The van der Waals surface area contributed by atoms with E-state index in [1.54, 1.807) is 31.2 Å². The lowest BCUT2D eigenvalue weighted by Gasteiger charge is -2.13. The van der Waals surface area contributed by atoms with Crippen LogP contribution in [-0.2, 0) is 14.3 Å². The maximum atomic E-state index is 11.6. The zero-order valence-corrected chi connectivity index (χ0v) is 13.0. The molecule has 0 aliphatic rings. The molecule has 22 heavy (non-hydrogen) atoms. The number of esters is 1. The lowest BCUT2D eigenvalue weighted by molar-refractivity contribution is -0.156. The van der Waals surface area contributed by atoms with Crippen LogP contribution in [0, 0.1) is 0 Å². The lowest BCUT2D eigenvalue weighted by Crippen LogP contribution is -2.44. The Kier molecular flexibility index (Phi) is 7.18. The number of halogens is 1. The molecule has 0 aliphatic carbocycles. The molecule has 1 unspecified atom stereocenters. The Morgan fingerprint density at radius 3 is 2.68 bits per heavy atom. The Morgan fingerprint density at radius 1 is 1.32 bits per heavy atom. The number of ether oxygens (including phenoxy) is 2. The highest BCUT2D eigenvalue weighted by Gasteiger charge is 2.19. The highest BCUT2D eigenvalue weighted by atomic mass is 35.5. The summed E-state index contributed by atoms with van der Waals surface area (Å²) in [5.41, 5.74) is 0. The van der Waals surface area contributed by atoms with E-state index in [1.807, 2.05) is 5.32 Å². The van der Waals surface area contributed by atoms with Gasteiger partial charge in [-0.3, -0.25) is 10.1 Å². The third-order valence-electron chi connectivity index (χ3n) is 2.40. The molecule has 1 aromatic carbocycles. The van der Waals surface area contributed by atoms with Gasteiger partial charge in [0.2, 0.25) is 0 Å². The molecule has 0 aromatic heterocycles. The molecule has 7 nitrogen and oxygen atoms in total. The zero-order valence-electron chi connectivity index (χ0n) is 12.2. The number of carbonyl (C=O) groups excluding carboxylic acids is 3. The first kappa shape index (κ1) is 17.8. The topological polar surface area (TPSA) is 93.7 Å². The first-order chi connectivity index (χ1) is 10.4. The van der Waals surface area contributed by atoms with Crippen LogP contribution < -0.4 is 15.4 Å². The fourth-order valence-electron chi connectivity index (χ4n) is 1.40. The van der Waals surface area contributed by atoms with Crippen LogP contribution in [0.15, 0.2) is 24.3 Å². The number of rotatable bonds is 6. The minimum Gasteiger partial charge on any atom is -0.482 e. The molecular formula is C14H17ClN2O5. The molecule has 2 N–H and O–H groups in total. The first-order valence-electron chi connectivity index (χ1n) is 6.59. The number of hydrogen-bond acceptors (Lipinski definition) is 5. The molecule has 0 heterocycles. The fourth-order valence-corrected chi connectivity index (χ4v) is 1.58. The van der Waals surface area contributed by atoms with Gasteiger partial charge in [-0.1, -0.05) is 17.7 Å².